The Balaban J connectivity index is 2.20. The van der Waals surface area contributed by atoms with E-state index in [1.807, 2.05) is 12.1 Å². The van der Waals surface area contributed by atoms with Gasteiger partial charge in [0.15, 0.2) is 0 Å². The Hall–Kier alpha value is -1.81. The van der Waals surface area contributed by atoms with Crippen molar-refractivity contribution in [3.8, 4) is 5.75 Å². The molecule has 0 aliphatic carbocycles. The number of aryl methyl sites for hydroxylation is 1. The summed E-state index contributed by atoms with van der Waals surface area (Å²) in [7, 11) is -3.75. The molecule has 0 atom stereocenters. The molecule has 0 spiro atoms. The molecule has 0 unspecified atom stereocenters. The van der Waals surface area contributed by atoms with Gasteiger partial charge in [0, 0.05) is 0 Å². The van der Waals surface area contributed by atoms with Gasteiger partial charge in [-0.2, -0.15) is 8.42 Å². The Labute approximate surface area is 114 Å². The average Bonchev–Trinajstić information content (AvgIpc) is 2.40. The monoisotopic (exact) mass is 276 g/mol. The highest BCUT2D eigenvalue weighted by atomic mass is 32.2. The van der Waals surface area contributed by atoms with Crippen molar-refractivity contribution in [2.24, 2.45) is 0 Å². The second-order valence-electron chi connectivity index (χ2n) is 4.24. The summed E-state index contributed by atoms with van der Waals surface area (Å²) in [5, 5.41) is 0. The van der Waals surface area contributed by atoms with Crippen LogP contribution >= 0.6 is 0 Å². The quantitative estimate of drug-likeness (QED) is 0.786. The van der Waals surface area contributed by atoms with E-state index in [2.05, 4.69) is 6.92 Å². The number of benzene rings is 2. The van der Waals surface area contributed by atoms with Crippen LogP contribution in [0.4, 0.5) is 0 Å². The lowest BCUT2D eigenvalue weighted by Crippen LogP contribution is -2.09. The Morgan fingerprint density at radius 3 is 2.16 bits per heavy atom. The van der Waals surface area contributed by atoms with Gasteiger partial charge >= 0.3 is 10.1 Å². The van der Waals surface area contributed by atoms with Crippen molar-refractivity contribution in [1.29, 1.82) is 0 Å². The minimum Gasteiger partial charge on any atom is -0.379 e. The van der Waals surface area contributed by atoms with Gasteiger partial charge in [0.2, 0.25) is 0 Å². The van der Waals surface area contributed by atoms with Crippen molar-refractivity contribution >= 4 is 10.1 Å². The fourth-order valence-corrected chi connectivity index (χ4v) is 2.69. The van der Waals surface area contributed by atoms with Crippen LogP contribution in [0.1, 0.15) is 18.9 Å². The van der Waals surface area contributed by atoms with Gasteiger partial charge in [-0.1, -0.05) is 43.7 Å². The summed E-state index contributed by atoms with van der Waals surface area (Å²) in [5.74, 6) is 0.320. The average molecular weight is 276 g/mol. The molecule has 2 rings (SSSR count). The normalized spacial score (nSPS) is 11.2. The molecular formula is C15H16O3S. The van der Waals surface area contributed by atoms with Crippen molar-refractivity contribution in [3.05, 3.63) is 60.2 Å². The minimum absolute atomic E-state index is 0.177. The van der Waals surface area contributed by atoms with Gasteiger partial charge in [-0.3, -0.25) is 0 Å². The van der Waals surface area contributed by atoms with Crippen LogP contribution in [-0.2, 0) is 16.5 Å². The van der Waals surface area contributed by atoms with E-state index in [0.717, 1.165) is 18.4 Å². The Bertz CT molecular complexity index is 616. The number of hydrogen-bond donors (Lipinski definition) is 0. The summed E-state index contributed by atoms with van der Waals surface area (Å²) >= 11 is 0. The van der Waals surface area contributed by atoms with E-state index in [1.165, 1.54) is 0 Å². The van der Waals surface area contributed by atoms with Gasteiger partial charge in [0.05, 0.1) is 0 Å². The molecule has 0 N–H and O–H groups in total. The molecule has 2 aromatic carbocycles. The third-order valence-electron chi connectivity index (χ3n) is 2.70. The topological polar surface area (TPSA) is 43.4 Å². The smallest absolute Gasteiger partial charge is 0.339 e. The first kappa shape index (κ1) is 13.6. The van der Waals surface area contributed by atoms with E-state index in [1.54, 1.807) is 42.5 Å². The summed E-state index contributed by atoms with van der Waals surface area (Å²) in [6, 6.07) is 15.3. The van der Waals surface area contributed by atoms with Crippen molar-refractivity contribution in [3.63, 3.8) is 0 Å². The zero-order valence-electron chi connectivity index (χ0n) is 10.7. The Morgan fingerprint density at radius 2 is 1.58 bits per heavy atom. The summed E-state index contributed by atoms with van der Waals surface area (Å²) in [5.41, 5.74) is 1.13. The van der Waals surface area contributed by atoms with Crippen LogP contribution in [0.2, 0.25) is 0 Å². The third kappa shape index (κ3) is 3.58. The summed E-state index contributed by atoms with van der Waals surface area (Å²) in [6.45, 7) is 2.09. The van der Waals surface area contributed by atoms with Crippen molar-refractivity contribution in [2.75, 3.05) is 0 Å². The molecule has 0 aliphatic rings. The largest absolute Gasteiger partial charge is 0.379 e. The maximum absolute atomic E-state index is 12.0. The molecule has 0 saturated carbocycles. The van der Waals surface area contributed by atoms with Crippen molar-refractivity contribution in [1.82, 2.24) is 0 Å². The van der Waals surface area contributed by atoms with E-state index in [0.29, 0.717) is 5.75 Å². The van der Waals surface area contributed by atoms with Gasteiger partial charge in [0.1, 0.15) is 10.6 Å². The lowest BCUT2D eigenvalue weighted by molar-refractivity contribution is 0.486. The standard InChI is InChI=1S/C15H16O3S/c1-2-6-13-9-11-15(12-10-13)19(16,17)18-14-7-4-3-5-8-14/h3-5,7-12H,2,6H2,1H3. The van der Waals surface area contributed by atoms with Crippen LogP contribution in [-0.4, -0.2) is 8.42 Å². The van der Waals surface area contributed by atoms with Gasteiger partial charge in [-0.15, -0.1) is 0 Å². The zero-order valence-corrected chi connectivity index (χ0v) is 11.6. The predicted octanol–water partition coefficient (Wildman–Crippen LogP) is 3.41. The van der Waals surface area contributed by atoms with Crippen LogP contribution in [0, 0.1) is 0 Å². The van der Waals surface area contributed by atoms with E-state index in [9.17, 15) is 8.42 Å². The number of rotatable bonds is 5. The molecule has 0 aliphatic heterocycles. The van der Waals surface area contributed by atoms with Crippen LogP contribution in [0.5, 0.6) is 5.75 Å². The lowest BCUT2D eigenvalue weighted by Gasteiger charge is -2.07. The maximum atomic E-state index is 12.0. The molecule has 100 valence electrons. The summed E-state index contributed by atoms with van der Waals surface area (Å²) < 4.78 is 29.2. The van der Waals surface area contributed by atoms with Gasteiger partial charge in [-0.05, 0) is 36.2 Å². The number of hydrogen-bond acceptors (Lipinski definition) is 3. The van der Waals surface area contributed by atoms with Crippen LogP contribution in [0.25, 0.3) is 0 Å². The molecule has 4 heteroatoms. The summed E-state index contributed by atoms with van der Waals surface area (Å²) in [6.07, 6.45) is 1.98. The van der Waals surface area contributed by atoms with Crippen LogP contribution in [0.15, 0.2) is 59.5 Å². The fourth-order valence-electron chi connectivity index (χ4n) is 1.76. The SMILES string of the molecule is CCCc1ccc(S(=O)(=O)Oc2ccccc2)cc1. The second kappa shape index (κ2) is 5.89. The van der Waals surface area contributed by atoms with E-state index in [-0.39, 0.29) is 4.90 Å². The molecular weight excluding hydrogens is 260 g/mol. The predicted molar refractivity (Wildman–Crippen MR) is 74.7 cm³/mol. The molecule has 19 heavy (non-hydrogen) atoms. The Kier molecular flexibility index (Phi) is 4.22. The first-order chi connectivity index (χ1) is 9.12. The molecule has 0 aromatic heterocycles. The maximum Gasteiger partial charge on any atom is 0.339 e. The van der Waals surface area contributed by atoms with Crippen LogP contribution in [0.3, 0.4) is 0 Å². The van der Waals surface area contributed by atoms with E-state index in [4.69, 9.17) is 4.18 Å². The minimum atomic E-state index is -3.75. The molecule has 0 saturated heterocycles. The third-order valence-corrected chi connectivity index (χ3v) is 3.96. The highest BCUT2D eigenvalue weighted by molar-refractivity contribution is 7.87. The van der Waals surface area contributed by atoms with Gasteiger partial charge in [-0.25, -0.2) is 0 Å². The first-order valence-electron chi connectivity index (χ1n) is 6.20. The molecule has 0 fully saturated rings. The number of para-hydroxylation sites is 1. The van der Waals surface area contributed by atoms with E-state index < -0.39 is 10.1 Å². The van der Waals surface area contributed by atoms with Gasteiger partial charge in [0.25, 0.3) is 0 Å². The van der Waals surface area contributed by atoms with Crippen molar-refractivity contribution < 1.29 is 12.6 Å². The Morgan fingerprint density at radius 1 is 0.947 bits per heavy atom. The highest BCUT2D eigenvalue weighted by Gasteiger charge is 2.16. The van der Waals surface area contributed by atoms with Crippen LogP contribution < -0.4 is 4.18 Å². The van der Waals surface area contributed by atoms with Crippen molar-refractivity contribution in [2.45, 2.75) is 24.7 Å². The molecule has 3 nitrogen and oxygen atoms in total. The molecule has 0 radical (unpaired) electrons. The molecule has 2 aromatic rings. The molecule has 0 bridgehead atoms. The van der Waals surface area contributed by atoms with E-state index >= 15 is 0 Å². The zero-order chi connectivity index (χ0) is 13.7. The van der Waals surface area contributed by atoms with Gasteiger partial charge < -0.3 is 4.18 Å². The summed E-state index contributed by atoms with van der Waals surface area (Å²) in [4.78, 5) is 0.177. The first-order valence-corrected chi connectivity index (χ1v) is 7.61. The molecule has 0 heterocycles. The second-order valence-corrected chi connectivity index (χ2v) is 5.79. The fraction of sp³-hybridized carbons (Fsp3) is 0.200. The highest BCUT2D eigenvalue weighted by Crippen LogP contribution is 2.18. The lowest BCUT2D eigenvalue weighted by atomic mass is 10.1. The molecule has 0 amide bonds.